The van der Waals surface area contributed by atoms with Gasteiger partial charge in [0.25, 0.3) is 0 Å². The second kappa shape index (κ2) is 10.7. The van der Waals surface area contributed by atoms with Crippen LogP contribution in [-0.4, -0.2) is 49.3 Å². The minimum Gasteiger partial charge on any atom is -0.367 e. The number of primary amides is 1. The van der Waals surface area contributed by atoms with Crippen LogP contribution in [0.5, 0.6) is 0 Å². The first kappa shape index (κ1) is 27.3. The molecule has 3 heterocycles. The second-order valence-electron chi connectivity index (χ2n) is 10.1. The highest BCUT2D eigenvalue weighted by Crippen LogP contribution is 2.57. The van der Waals surface area contributed by atoms with Crippen molar-refractivity contribution in [3.8, 4) is 0 Å². The third-order valence-corrected chi connectivity index (χ3v) is 8.20. The SMILES string of the molecule is CC1(C)O[C@H]2[C@H](CC3=CC=CC(C(N)=O)=CC3)OC(COP3(=O)OCCC(c4cc(F)cc(F)c4)O3)[C@H]2O1. The molecule has 9 nitrogen and oxygen atoms in total. The Kier molecular flexibility index (Phi) is 7.72. The van der Waals surface area contributed by atoms with Crippen LogP contribution in [-0.2, 0) is 37.1 Å². The molecule has 4 aliphatic rings. The van der Waals surface area contributed by atoms with E-state index in [-0.39, 0.29) is 25.2 Å². The van der Waals surface area contributed by atoms with Crippen LogP contribution in [0, 0.1) is 11.6 Å². The molecule has 2 N–H and O–H groups in total. The summed E-state index contributed by atoms with van der Waals surface area (Å²) in [7, 11) is -4.06. The Balaban J connectivity index is 1.25. The van der Waals surface area contributed by atoms with Crippen LogP contribution >= 0.6 is 7.82 Å². The summed E-state index contributed by atoms with van der Waals surface area (Å²) in [5.41, 5.74) is 7.04. The predicted molar refractivity (Wildman–Crippen MR) is 131 cm³/mol. The molecule has 3 aliphatic heterocycles. The molecular weight excluding hydrogens is 523 g/mol. The number of benzene rings is 1. The van der Waals surface area contributed by atoms with E-state index in [1.807, 2.05) is 6.08 Å². The summed E-state index contributed by atoms with van der Waals surface area (Å²) in [6.07, 6.45) is 5.58. The lowest BCUT2D eigenvalue weighted by molar-refractivity contribution is -0.189. The van der Waals surface area contributed by atoms with E-state index in [4.69, 9.17) is 33.5 Å². The number of rotatable bonds is 7. The maximum absolute atomic E-state index is 13.7. The van der Waals surface area contributed by atoms with E-state index in [0.717, 1.165) is 23.8 Å². The van der Waals surface area contributed by atoms with E-state index in [1.165, 1.54) is 0 Å². The smallest absolute Gasteiger partial charge is 0.367 e. The normalized spacial score (nSPS) is 34.4. The highest BCUT2D eigenvalue weighted by atomic mass is 31.2. The van der Waals surface area contributed by atoms with Crippen molar-refractivity contribution in [1.29, 1.82) is 0 Å². The van der Waals surface area contributed by atoms with E-state index >= 15 is 0 Å². The molecule has 3 fully saturated rings. The van der Waals surface area contributed by atoms with Gasteiger partial charge in [0.2, 0.25) is 5.91 Å². The van der Waals surface area contributed by atoms with E-state index in [0.29, 0.717) is 18.4 Å². The van der Waals surface area contributed by atoms with Crippen LogP contribution in [0.3, 0.4) is 0 Å². The lowest BCUT2D eigenvalue weighted by Gasteiger charge is -2.30. The Labute approximate surface area is 219 Å². The van der Waals surface area contributed by atoms with E-state index in [9.17, 15) is 18.1 Å². The molecule has 38 heavy (non-hydrogen) atoms. The molecule has 1 aromatic carbocycles. The molecule has 0 saturated carbocycles. The zero-order valence-electron chi connectivity index (χ0n) is 21.0. The highest BCUT2D eigenvalue weighted by Gasteiger charge is 2.55. The van der Waals surface area contributed by atoms with Gasteiger partial charge in [0.1, 0.15) is 29.9 Å². The molecule has 0 spiro atoms. The van der Waals surface area contributed by atoms with Crippen molar-refractivity contribution < 1.29 is 45.9 Å². The lowest BCUT2D eigenvalue weighted by atomic mass is 9.99. The van der Waals surface area contributed by atoms with Crippen LogP contribution in [0.4, 0.5) is 8.78 Å². The standard InChI is InChI=1S/C26H30F2NO8P/c1-26(2)35-23-21(10-15-4-3-5-16(7-6-15)25(29)30)34-22(24(23)36-26)14-33-38(31)32-9-8-20(37-38)17-11-18(27)13-19(28)12-17/h3-5,7,11-13,20-24H,6,8-10,14H2,1-2H3,(H2,29,30)/t20?,21-,22?,23-,24+,38?/m0/s1. The van der Waals surface area contributed by atoms with Crippen molar-refractivity contribution in [2.24, 2.45) is 5.73 Å². The topological polar surface area (TPSA) is 116 Å². The number of ether oxygens (including phenoxy) is 3. The molecule has 0 radical (unpaired) electrons. The lowest BCUT2D eigenvalue weighted by Crippen LogP contribution is -2.33. The summed E-state index contributed by atoms with van der Waals surface area (Å²) in [5.74, 6) is -2.87. The number of hydrogen-bond acceptors (Lipinski definition) is 8. The first-order valence-corrected chi connectivity index (χ1v) is 13.9. The highest BCUT2D eigenvalue weighted by molar-refractivity contribution is 7.48. The van der Waals surface area contributed by atoms with Gasteiger partial charge in [-0.3, -0.25) is 18.4 Å². The number of phosphoric acid groups is 1. The van der Waals surface area contributed by atoms with Crippen molar-refractivity contribution in [1.82, 2.24) is 0 Å². The molecule has 3 unspecified atom stereocenters. The molecule has 6 atom stereocenters. The quantitative estimate of drug-likeness (QED) is 0.490. The number of carbonyl (C=O) groups excluding carboxylic acids is 1. The largest absolute Gasteiger partial charge is 0.475 e. The third-order valence-electron chi connectivity index (χ3n) is 6.73. The summed E-state index contributed by atoms with van der Waals surface area (Å²) in [5, 5.41) is 0. The minimum atomic E-state index is -4.06. The predicted octanol–water partition coefficient (Wildman–Crippen LogP) is 4.54. The Hall–Kier alpha value is -2.24. The Morgan fingerprint density at radius 3 is 2.58 bits per heavy atom. The fraction of sp³-hybridized carbons (Fsp3) is 0.500. The van der Waals surface area contributed by atoms with Crippen LogP contribution < -0.4 is 5.73 Å². The van der Waals surface area contributed by atoms with Gasteiger partial charge in [0.05, 0.1) is 25.4 Å². The molecule has 1 aliphatic carbocycles. The number of halogens is 2. The molecule has 3 saturated heterocycles. The van der Waals surface area contributed by atoms with Crippen LogP contribution in [0.15, 0.2) is 53.6 Å². The maximum atomic E-state index is 13.7. The fourth-order valence-electron chi connectivity index (χ4n) is 5.06. The fourth-order valence-corrected chi connectivity index (χ4v) is 6.45. The van der Waals surface area contributed by atoms with Crippen LogP contribution in [0.1, 0.15) is 44.8 Å². The zero-order chi connectivity index (χ0) is 27.1. The summed E-state index contributed by atoms with van der Waals surface area (Å²) in [6.45, 7) is 3.45. The van der Waals surface area contributed by atoms with Crippen molar-refractivity contribution in [3.63, 3.8) is 0 Å². The molecule has 1 amide bonds. The van der Waals surface area contributed by atoms with Gasteiger partial charge >= 0.3 is 7.82 Å². The minimum absolute atomic E-state index is 0.0232. The van der Waals surface area contributed by atoms with Gasteiger partial charge < -0.3 is 19.9 Å². The number of phosphoric ester groups is 1. The summed E-state index contributed by atoms with van der Waals surface area (Å²) < 4.78 is 75.6. The van der Waals surface area contributed by atoms with Gasteiger partial charge in [0, 0.05) is 18.1 Å². The molecule has 0 bridgehead atoms. The average molecular weight is 553 g/mol. The van der Waals surface area contributed by atoms with Gasteiger partial charge in [0.15, 0.2) is 5.79 Å². The number of carbonyl (C=O) groups is 1. The van der Waals surface area contributed by atoms with Crippen molar-refractivity contribution >= 4 is 13.7 Å². The summed E-state index contributed by atoms with van der Waals surface area (Å²) in [6, 6.07) is 3.01. The van der Waals surface area contributed by atoms with E-state index < -0.39 is 61.7 Å². The number of fused-ring (bicyclic) bond motifs is 1. The van der Waals surface area contributed by atoms with E-state index in [2.05, 4.69) is 0 Å². The van der Waals surface area contributed by atoms with Gasteiger partial charge in [-0.25, -0.2) is 13.3 Å². The van der Waals surface area contributed by atoms with Gasteiger partial charge in [-0.05, 0) is 50.5 Å². The molecule has 206 valence electrons. The van der Waals surface area contributed by atoms with Crippen molar-refractivity contribution in [3.05, 3.63) is 70.8 Å². The average Bonchev–Trinajstić information content (AvgIpc) is 3.19. The van der Waals surface area contributed by atoms with Gasteiger partial charge in [-0.2, -0.15) is 0 Å². The Morgan fingerprint density at radius 1 is 1.16 bits per heavy atom. The summed E-state index contributed by atoms with van der Waals surface area (Å²) in [4.78, 5) is 11.5. The van der Waals surface area contributed by atoms with Crippen molar-refractivity contribution in [2.45, 2.75) is 69.4 Å². The Bertz CT molecular complexity index is 1210. The monoisotopic (exact) mass is 553 g/mol. The number of amides is 1. The summed E-state index contributed by atoms with van der Waals surface area (Å²) >= 11 is 0. The number of nitrogens with two attached hydrogens (primary N) is 1. The van der Waals surface area contributed by atoms with Gasteiger partial charge in [-0.15, -0.1) is 0 Å². The van der Waals surface area contributed by atoms with Gasteiger partial charge in [-0.1, -0.05) is 23.8 Å². The van der Waals surface area contributed by atoms with Crippen LogP contribution in [0.2, 0.25) is 0 Å². The van der Waals surface area contributed by atoms with Crippen LogP contribution in [0.25, 0.3) is 0 Å². The Morgan fingerprint density at radius 2 is 1.87 bits per heavy atom. The zero-order valence-corrected chi connectivity index (χ0v) is 21.9. The first-order valence-electron chi connectivity index (χ1n) is 12.4. The third kappa shape index (κ3) is 6.15. The van der Waals surface area contributed by atoms with E-state index in [1.54, 1.807) is 32.1 Å². The molecule has 5 rings (SSSR count). The molecule has 1 aromatic rings. The first-order chi connectivity index (χ1) is 18.0. The maximum Gasteiger partial charge on any atom is 0.475 e. The van der Waals surface area contributed by atoms with Crippen molar-refractivity contribution in [2.75, 3.05) is 13.2 Å². The molecule has 0 aromatic heterocycles. The second-order valence-corrected chi connectivity index (χ2v) is 11.7. The number of hydrogen-bond donors (Lipinski definition) is 1. The molecular formula is C26H30F2NO8P. The number of allylic oxidation sites excluding steroid dienone is 3. The molecule has 12 heteroatoms.